The smallest absolute Gasteiger partial charge is 0.318 e. The molecule has 0 aromatic heterocycles. The number of hydrogen-bond donors (Lipinski definition) is 0. The molecule has 1 aliphatic carbocycles. The number of carbonyl (C=O) groups is 2. The number of hydrogen-bond acceptors (Lipinski definition) is 6. The molecule has 0 bridgehead atoms. The third-order valence-corrected chi connectivity index (χ3v) is 6.33. The highest BCUT2D eigenvalue weighted by atomic mass is 32.2. The van der Waals surface area contributed by atoms with Gasteiger partial charge in [0.05, 0.1) is 17.6 Å². The number of Topliss-reactive ketones (excluding diaryl/α,β-unsaturated/α-hetero) is 1. The van der Waals surface area contributed by atoms with E-state index in [-0.39, 0.29) is 23.6 Å². The summed E-state index contributed by atoms with van der Waals surface area (Å²) in [6, 6.07) is 19.5. The third-order valence-electron chi connectivity index (χ3n) is 4.33. The zero-order valence-corrected chi connectivity index (χ0v) is 17.9. The van der Waals surface area contributed by atoms with Crippen LogP contribution in [-0.4, -0.2) is 35.7 Å². The van der Waals surface area contributed by atoms with Gasteiger partial charge in [0.15, 0.2) is 5.78 Å². The van der Waals surface area contributed by atoms with Crippen molar-refractivity contribution in [3.05, 3.63) is 72.3 Å². The molecule has 3 rings (SSSR count). The highest BCUT2D eigenvalue weighted by Gasteiger charge is 2.28. The van der Waals surface area contributed by atoms with Crippen LogP contribution in [0, 0.1) is 0 Å². The van der Waals surface area contributed by atoms with Gasteiger partial charge in [0.2, 0.25) is 6.29 Å². The number of thioether (sulfide) groups is 2. The molecule has 0 amide bonds. The highest BCUT2D eigenvalue weighted by molar-refractivity contribution is 8.00. The Labute approximate surface area is 180 Å². The second-order valence-electron chi connectivity index (χ2n) is 6.55. The van der Waals surface area contributed by atoms with Crippen LogP contribution in [-0.2, 0) is 19.1 Å². The van der Waals surface area contributed by atoms with Crippen molar-refractivity contribution in [2.75, 3.05) is 11.5 Å². The lowest BCUT2D eigenvalue weighted by atomic mass is 10.1. The van der Waals surface area contributed by atoms with Crippen molar-refractivity contribution >= 4 is 35.3 Å². The van der Waals surface area contributed by atoms with E-state index in [2.05, 4.69) is 0 Å². The van der Waals surface area contributed by atoms with E-state index in [1.165, 1.54) is 23.5 Å². The van der Waals surface area contributed by atoms with Gasteiger partial charge in [-0.15, -0.1) is 23.5 Å². The number of benzene rings is 2. The zero-order chi connectivity index (χ0) is 20.5. The average molecular weight is 429 g/mol. The molecule has 29 heavy (non-hydrogen) atoms. The Balaban J connectivity index is 1.43. The first-order chi connectivity index (χ1) is 14.1. The molecule has 2 aromatic rings. The fourth-order valence-electron chi connectivity index (χ4n) is 3.00. The number of ether oxygens (including phenoxy) is 2. The minimum Gasteiger partial charge on any atom is -0.435 e. The molecule has 1 aliphatic rings. The van der Waals surface area contributed by atoms with Crippen molar-refractivity contribution in [3.63, 3.8) is 0 Å². The summed E-state index contributed by atoms with van der Waals surface area (Å²) in [6.07, 6.45) is 2.46. The van der Waals surface area contributed by atoms with Crippen molar-refractivity contribution < 1.29 is 19.1 Å². The Morgan fingerprint density at radius 1 is 0.966 bits per heavy atom. The van der Waals surface area contributed by atoms with Crippen LogP contribution in [0.4, 0.5) is 0 Å². The summed E-state index contributed by atoms with van der Waals surface area (Å²) in [5.41, 5.74) is 0.690. The topological polar surface area (TPSA) is 52.6 Å². The molecular formula is C23H24O4S2. The van der Waals surface area contributed by atoms with Gasteiger partial charge in [0.1, 0.15) is 0 Å². The molecule has 0 N–H and O–H groups in total. The average Bonchev–Trinajstić information content (AvgIpc) is 3.20. The Bertz CT molecular complexity index is 836. The van der Waals surface area contributed by atoms with Crippen molar-refractivity contribution in [3.8, 4) is 0 Å². The Morgan fingerprint density at radius 3 is 2.17 bits per heavy atom. The molecule has 6 heteroatoms. The molecule has 2 aromatic carbocycles. The SMILES string of the molecule is CC(OC(=O)CSc1ccccc1)OC1CCC=C1C(=O)CSc1ccccc1. The summed E-state index contributed by atoms with van der Waals surface area (Å²) < 4.78 is 11.2. The Morgan fingerprint density at radius 2 is 1.55 bits per heavy atom. The third kappa shape index (κ3) is 7.07. The first-order valence-electron chi connectivity index (χ1n) is 9.55. The lowest BCUT2D eigenvalue weighted by Crippen LogP contribution is -2.28. The maximum absolute atomic E-state index is 12.6. The largest absolute Gasteiger partial charge is 0.435 e. The summed E-state index contributed by atoms with van der Waals surface area (Å²) in [6.45, 7) is 1.70. The zero-order valence-electron chi connectivity index (χ0n) is 16.3. The first-order valence-corrected chi connectivity index (χ1v) is 11.5. The van der Waals surface area contributed by atoms with E-state index < -0.39 is 6.29 Å². The first kappa shape index (κ1) is 21.7. The van der Waals surface area contributed by atoms with Crippen LogP contribution in [0.15, 0.2) is 82.1 Å². The maximum atomic E-state index is 12.6. The van der Waals surface area contributed by atoms with Crippen LogP contribution >= 0.6 is 23.5 Å². The second-order valence-corrected chi connectivity index (χ2v) is 8.64. The Kier molecular flexibility index (Phi) is 8.40. The van der Waals surface area contributed by atoms with E-state index in [4.69, 9.17) is 9.47 Å². The molecule has 0 heterocycles. The van der Waals surface area contributed by atoms with E-state index in [0.717, 1.165) is 22.6 Å². The normalized spacial score (nSPS) is 16.9. The van der Waals surface area contributed by atoms with Crippen LogP contribution in [0.1, 0.15) is 19.8 Å². The van der Waals surface area contributed by atoms with E-state index in [0.29, 0.717) is 11.3 Å². The maximum Gasteiger partial charge on any atom is 0.318 e. The van der Waals surface area contributed by atoms with Crippen molar-refractivity contribution in [2.24, 2.45) is 0 Å². The van der Waals surface area contributed by atoms with Gasteiger partial charge in [0.25, 0.3) is 0 Å². The van der Waals surface area contributed by atoms with Gasteiger partial charge in [-0.25, -0.2) is 0 Å². The van der Waals surface area contributed by atoms with Crippen molar-refractivity contribution in [1.29, 1.82) is 0 Å². The van der Waals surface area contributed by atoms with Crippen LogP contribution < -0.4 is 0 Å². The van der Waals surface area contributed by atoms with E-state index in [1.54, 1.807) is 6.92 Å². The quantitative estimate of drug-likeness (QED) is 0.297. The fourth-order valence-corrected chi connectivity index (χ4v) is 4.51. The van der Waals surface area contributed by atoms with E-state index >= 15 is 0 Å². The lowest BCUT2D eigenvalue weighted by Gasteiger charge is -2.21. The summed E-state index contributed by atoms with van der Waals surface area (Å²) in [4.78, 5) is 26.8. The van der Waals surface area contributed by atoms with Gasteiger partial charge in [-0.3, -0.25) is 9.59 Å². The molecule has 0 saturated heterocycles. The van der Waals surface area contributed by atoms with Crippen LogP contribution in [0.25, 0.3) is 0 Å². The molecule has 2 unspecified atom stereocenters. The van der Waals surface area contributed by atoms with Gasteiger partial charge in [-0.2, -0.15) is 0 Å². The number of esters is 1. The Hall–Kier alpha value is -2.02. The molecule has 0 saturated carbocycles. The summed E-state index contributed by atoms with van der Waals surface area (Å²) in [5, 5.41) is 0. The molecule has 0 fully saturated rings. The predicted octanol–water partition coefficient (Wildman–Crippen LogP) is 5.13. The fraction of sp³-hybridized carbons (Fsp3) is 0.304. The summed E-state index contributed by atoms with van der Waals surface area (Å²) >= 11 is 2.94. The number of rotatable bonds is 10. The second kappa shape index (κ2) is 11.2. The van der Waals surface area contributed by atoms with E-state index in [1.807, 2.05) is 66.7 Å². The monoisotopic (exact) mass is 428 g/mol. The molecule has 152 valence electrons. The molecule has 2 atom stereocenters. The van der Waals surface area contributed by atoms with Crippen LogP contribution in [0.3, 0.4) is 0 Å². The van der Waals surface area contributed by atoms with Gasteiger partial charge >= 0.3 is 5.97 Å². The van der Waals surface area contributed by atoms with Crippen molar-refractivity contribution in [2.45, 2.75) is 42.0 Å². The highest BCUT2D eigenvalue weighted by Crippen LogP contribution is 2.27. The van der Waals surface area contributed by atoms with Crippen molar-refractivity contribution in [1.82, 2.24) is 0 Å². The van der Waals surface area contributed by atoms with Gasteiger partial charge < -0.3 is 9.47 Å². The molecule has 0 radical (unpaired) electrons. The van der Waals surface area contributed by atoms with E-state index in [9.17, 15) is 9.59 Å². The minimum absolute atomic E-state index is 0.0690. The molecule has 0 spiro atoms. The summed E-state index contributed by atoms with van der Waals surface area (Å²) in [7, 11) is 0. The van der Waals surface area contributed by atoms with Crippen LogP contribution in [0.5, 0.6) is 0 Å². The van der Waals surface area contributed by atoms with Crippen LogP contribution in [0.2, 0.25) is 0 Å². The number of carbonyl (C=O) groups excluding carboxylic acids is 2. The van der Waals surface area contributed by atoms with Gasteiger partial charge in [-0.05, 0) is 44.0 Å². The standard InChI is InChI=1S/C23H24O4S2/c1-17(27-23(25)16-29-19-11-6-3-7-12-19)26-22-14-8-13-20(22)21(24)15-28-18-9-4-2-5-10-18/h2-7,9-13,17,22H,8,14-16H2,1H3. The predicted molar refractivity (Wildman–Crippen MR) is 117 cm³/mol. The minimum atomic E-state index is -0.694. The number of ketones is 1. The molecule has 4 nitrogen and oxygen atoms in total. The summed E-state index contributed by atoms with van der Waals surface area (Å²) in [5.74, 6) is 0.329. The molecule has 0 aliphatic heterocycles. The number of allylic oxidation sites excluding steroid dienone is 1. The van der Waals surface area contributed by atoms with Gasteiger partial charge in [0, 0.05) is 15.4 Å². The lowest BCUT2D eigenvalue weighted by molar-refractivity contribution is -0.178. The molecular weight excluding hydrogens is 404 g/mol. The van der Waals surface area contributed by atoms with Gasteiger partial charge in [-0.1, -0.05) is 42.5 Å².